The third kappa shape index (κ3) is 3.76. The van der Waals surface area contributed by atoms with Crippen LogP contribution in [0.4, 0.5) is 0 Å². The Morgan fingerprint density at radius 3 is 2.60 bits per heavy atom. The van der Waals surface area contributed by atoms with Crippen LogP contribution in [0.15, 0.2) is 0 Å². The number of aromatic nitrogens is 1. The van der Waals surface area contributed by atoms with Gasteiger partial charge in [-0.1, -0.05) is 6.42 Å². The Balaban J connectivity index is 2.29. The summed E-state index contributed by atoms with van der Waals surface area (Å²) in [5.74, 6) is -0.983. The van der Waals surface area contributed by atoms with Crippen LogP contribution in [0.2, 0.25) is 0 Å². The Hall–Kier alpha value is -2.15. The molecule has 25 heavy (non-hydrogen) atoms. The maximum atomic E-state index is 13.0. The minimum Gasteiger partial charge on any atom is -0.462 e. The second-order valence-corrected chi connectivity index (χ2v) is 6.54. The Morgan fingerprint density at radius 1 is 1.32 bits per heavy atom. The topological polar surface area (TPSA) is 105 Å². The number of carbonyl (C=O) groups is 3. The van der Waals surface area contributed by atoms with E-state index < -0.39 is 24.0 Å². The molecular weight excluding hydrogens is 322 g/mol. The van der Waals surface area contributed by atoms with E-state index >= 15 is 0 Å². The molecule has 1 aromatic heterocycles. The lowest BCUT2D eigenvalue weighted by Gasteiger charge is -2.37. The summed E-state index contributed by atoms with van der Waals surface area (Å²) in [6.45, 7) is 7.93. The molecule has 2 heterocycles. The van der Waals surface area contributed by atoms with Crippen LogP contribution in [0.5, 0.6) is 0 Å². The number of primary amides is 1. The van der Waals surface area contributed by atoms with Crippen molar-refractivity contribution >= 4 is 17.7 Å². The molecule has 0 unspecified atom stereocenters. The number of carbonyl (C=O) groups excluding carboxylic acids is 3. The molecule has 0 saturated carbocycles. The van der Waals surface area contributed by atoms with Gasteiger partial charge in [-0.15, -0.1) is 0 Å². The fraction of sp³-hybridized carbons (Fsp3) is 0.611. The summed E-state index contributed by atoms with van der Waals surface area (Å²) < 4.78 is 5.07. The van der Waals surface area contributed by atoms with E-state index in [0.717, 1.165) is 12.8 Å². The van der Waals surface area contributed by atoms with E-state index in [1.54, 1.807) is 27.7 Å². The molecule has 0 radical (unpaired) electrons. The number of piperidine rings is 1. The number of Topliss-reactive ketones (excluding diaryl/α,β-unsaturated/α-hetero) is 1. The number of esters is 1. The van der Waals surface area contributed by atoms with E-state index in [4.69, 9.17) is 10.5 Å². The van der Waals surface area contributed by atoms with E-state index in [0.29, 0.717) is 35.5 Å². The van der Waals surface area contributed by atoms with Crippen molar-refractivity contribution in [3.63, 3.8) is 0 Å². The third-order valence-corrected chi connectivity index (χ3v) is 4.91. The molecule has 0 bridgehead atoms. The van der Waals surface area contributed by atoms with Crippen LogP contribution in [0.3, 0.4) is 0 Å². The summed E-state index contributed by atoms with van der Waals surface area (Å²) in [5, 5.41) is 0. The average Bonchev–Trinajstić information content (AvgIpc) is 2.88. The van der Waals surface area contributed by atoms with Crippen molar-refractivity contribution in [3.05, 3.63) is 22.5 Å². The van der Waals surface area contributed by atoms with Crippen LogP contribution in [0.25, 0.3) is 0 Å². The number of nitrogens with one attached hydrogen (secondary N) is 1. The number of ether oxygens (including phenoxy) is 1. The van der Waals surface area contributed by atoms with Crippen molar-refractivity contribution in [3.8, 4) is 0 Å². The number of ketones is 1. The summed E-state index contributed by atoms with van der Waals surface area (Å²) in [6.07, 6.45) is 2.53. The molecule has 2 atom stereocenters. The number of likely N-dealkylation sites (tertiary alicyclic amines) is 1. The second-order valence-electron chi connectivity index (χ2n) is 6.54. The summed E-state index contributed by atoms with van der Waals surface area (Å²) in [7, 11) is 0. The number of rotatable bonds is 6. The summed E-state index contributed by atoms with van der Waals surface area (Å²) in [4.78, 5) is 41.7. The highest BCUT2D eigenvalue weighted by molar-refractivity contribution is 6.04. The number of nitrogens with zero attached hydrogens (tertiary/aromatic N) is 1. The highest BCUT2D eigenvalue weighted by atomic mass is 16.5. The molecule has 2 rings (SSSR count). The smallest absolute Gasteiger partial charge is 0.340 e. The van der Waals surface area contributed by atoms with Gasteiger partial charge >= 0.3 is 5.97 Å². The Kier molecular flexibility index (Phi) is 6.00. The number of hydrogen-bond donors (Lipinski definition) is 2. The summed E-state index contributed by atoms with van der Waals surface area (Å²) in [5.41, 5.74) is 7.49. The fourth-order valence-corrected chi connectivity index (χ4v) is 3.59. The minimum atomic E-state index is -0.496. The number of nitrogens with two attached hydrogens (primary N) is 1. The van der Waals surface area contributed by atoms with Gasteiger partial charge in [0.1, 0.15) is 0 Å². The lowest BCUT2D eigenvalue weighted by molar-refractivity contribution is -0.124. The van der Waals surface area contributed by atoms with Gasteiger partial charge in [0.2, 0.25) is 5.91 Å². The molecule has 1 aliphatic heterocycles. The lowest BCUT2D eigenvalue weighted by Crippen LogP contribution is -2.53. The molecule has 3 N–H and O–H groups in total. The SMILES string of the molecule is CCOC(=O)c1c(C)[nH]c(C(=O)[C@@H](C)N2CCCC[C@@H]2C(N)=O)c1C. The quantitative estimate of drug-likeness (QED) is 0.601. The van der Waals surface area contributed by atoms with Gasteiger partial charge in [-0.25, -0.2) is 4.79 Å². The van der Waals surface area contributed by atoms with Gasteiger partial charge in [-0.2, -0.15) is 0 Å². The highest BCUT2D eigenvalue weighted by Crippen LogP contribution is 2.25. The number of hydrogen-bond acceptors (Lipinski definition) is 5. The molecule has 0 aromatic carbocycles. The Morgan fingerprint density at radius 2 is 2.00 bits per heavy atom. The number of H-pyrrole nitrogens is 1. The highest BCUT2D eigenvalue weighted by Gasteiger charge is 2.35. The van der Waals surface area contributed by atoms with Crippen molar-refractivity contribution in [2.24, 2.45) is 5.73 Å². The lowest BCUT2D eigenvalue weighted by atomic mass is 9.96. The predicted molar refractivity (Wildman–Crippen MR) is 93.6 cm³/mol. The molecule has 0 spiro atoms. The molecule has 1 saturated heterocycles. The maximum Gasteiger partial charge on any atom is 0.340 e. The monoisotopic (exact) mass is 349 g/mol. The summed E-state index contributed by atoms with van der Waals surface area (Å²) >= 11 is 0. The van der Waals surface area contributed by atoms with E-state index in [9.17, 15) is 14.4 Å². The number of aromatic amines is 1. The van der Waals surface area contributed by atoms with E-state index in [2.05, 4.69) is 4.98 Å². The molecule has 7 nitrogen and oxygen atoms in total. The van der Waals surface area contributed by atoms with Gasteiger partial charge in [0.25, 0.3) is 0 Å². The fourth-order valence-electron chi connectivity index (χ4n) is 3.59. The van der Waals surface area contributed by atoms with Crippen LogP contribution in [-0.4, -0.2) is 52.8 Å². The summed E-state index contributed by atoms with van der Waals surface area (Å²) in [6, 6.07) is -0.918. The molecule has 7 heteroatoms. The molecule has 138 valence electrons. The largest absolute Gasteiger partial charge is 0.462 e. The van der Waals surface area contributed by atoms with Crippen LogP contribution in [0.1, 0.15) is 65.2 Å². The van der Waals surface area contributed by atoms with Crippen LogP contribution < -0.4 is 5.73 Å². The van der Waals surface area contributed by atoms with Crippen molar-refractivity contribution < 1.29 is 19.1 Å². The molecule has 1 aliphatic rings. The van der Waals surface area contributed by atoms with Gasteiger partial charge in [0.15, 0.2) is 5.78 Å². The van der Waals surface area contributed by atoms with Crippen molar-refractivity contribution in [1.82, 2.24) is 9.88 Å². The van der Waals surface area contributed by atoms with Crippen molar-refractivity contribution in [1.29, 1.82) is 0 Å². The standard InChI is InChI=1S/C18H27N3O4/c1-5-25-18(24)14-10(2)15(20-11(14)3)16(22)12(4)21-9-7-6-8-13(21)17(19)23/h12-13,20H,5-9H2,1-4H3,(H2,19,23)/t12-,13-/m1/s1. The van der Waals surface area contributed by atoms with Gasteiger partial charge < -0.3 is 15.5 Å². The van der Waals surface area contributed by atoms with Crippen LogP contribution >= 0.6 is 0 Å². The second kappa shape index (κ2) is 7.82. The van der Waals surface area contributed by atoms with Gasteiger partial charge in [-0.3, -0.25) is 14.5 Å². The van der Waals surface area contributed by atoms with Gasteiger partial charge in [0.05, 0.1) is 29.9 Å². The zero-order valence-corrected chi connectivity index (χ0v) is 15.3. The number of aryl methyl sites for hydroxylation is 1. The first kappa shape index (κ1) is 19.2. The average molecular weight is 349 g/mol. The van der Waals surface area contributed by atoms with Crippen molar-refractivity contribution in [2.75, 3.05) is 13.2 Å². The zero-order chi connectivity index (χ0) is 18.7. The van der Waals surface area contributed by atoms with Gasteiger partial charge in [0, 0.05) is 5.69 Å². The first-order chi connectivity index (χ1) is 11.8. The molecule has 1 fully saturated rings. The maximum absolute atomic E-state index is 13.0. The minimum absolute atomic E-state index is 0.149. The van der Waals surface area contributed by atoms with E-state index in [1.165, 1.54) is 0 Å². The van der Waals surface area contributed by atoms with E-state index in [-0.39, 0.29) is 12.4 Å². The van der Waals surface area contributed by atoms with Gasteiger partial charge in [-0.05, 0) is 52.6 Å². The van der Waals surface area contributed by atoms with Crippen LogP contribution in [-0.2, 0) is 9.53 Å². The van der Waals surface area contributed by atoms with Crippen molar-refractivity contribution in [2.45, 2.75) is 59.0 Å². The van der Waals surface area contributed by atoms with E-state index in [1.807, 2.05) is 4.90 Å². The first-order valence-electron chi connectivity index (χ1n) is 8.75. The normalized spacial score (nSPS) is 19.4. The van der Waals surface area contributed by atoms with Crippen LogP contribution in [0, 0.1) is 13.8 Å². The molecule has 0 aliphatic carbocycles. The first-order valence-corrected chi connectivity index (χ1v) is 8.75. The Labute approximate surface area is 147 Å². The molecular formula is C18H27N3O4. The molecule has 1 amide bonds. The number of amides is 1. The third-order valence-electron chi connectivity index (χ3n) is 4.91. The molecule has 1 aromatic rings. The zero-order valence-electron chi connectivity index (χ0n) is 15.3. The predicted octanol–water partition coefficient (Wildman–Crippen LogP) is 1.72. The Bertz CT molecular complexity index is 680.